The Morgan fingerprint density at radius 2 is 0.926 bits per heavy atom. The molecule has 0 aliphatic heterocycles. The molecular weight excluding hydrogens is 651 g/mol. The average molecular weight is 690 g/mol. The van der Waals surface area contributed by atoms with E-state index in [1.54, 1.807) is 0 Å². The van der Waals surface area contributed by atoms with Crippen LogP contribution < -0.4 is 4.90 Å². The minimum absolute atomic E-state index is 0.138. The monoisotopic (exact) mass is 689 g/mol. The van der Waals surface area contributed by atoms with E-state index in [9.17, 15) is 0 Å². The molecule has 0 atom stereocenters. The first kappa shape index (κ1) is 32.0. The van der Waals surface area contributed by atoms with Crippen molar-refractivity contribution >= 4 is 38.6 Å². The third kappa shape index (κ3) is 5.08. The Morgan fingerprint density at radius 1 is 0.352 bits per heavy atom. The predicted molar refractivity (Wildman–Crippen MR) is 230 cm³/mol. The summed E-state index contributed by atoms with van der Waals surface area (Å²) in [4.78, 5) is 2.51. The molecule has 0 aromatic heterocycles. The van der Waals surface area contributed by atoms with Gasteiger partial charge in [0.2, 0.25) is 0 Å². The number of anilines is 3. The maximum atomic E-state index is 2.51. The smallest absolute Gasteiger partial charge is 0.0546 e. The van der Waals surface area contributed by atoms with Gasteiger partial charge in [0.15, 0.2) is 0 Å². The fraction of sp³-hybridized carbons (Fsp3) is 0.0566. The highest BCUT2D eigenvalue weighted by atomic mass is 15.1. The predicted octanol–water partition coefficient (Wildman–Crippen LogP) is 14.8. The molecule has 10 rings (SSSR count). The molecule has 9 aromatic rings. The summed E-state index contributed by atoms with van der Waals surface area (Å²) in [5.41, 5.74) is 15.8. The molecule has 0 spiro atoms. The molecule has 0 saturated carbocycles. The topological polar surface area (TPSA) is 3.24 Å². The highest BCUT2D eigenvalue weighted by Crippen LogP contribution is 2.53. The van der Waals surface area contributed by atoms with Gasteiger partial charge in [-0.3, -0.25) is 0 Å². The second-order valence-electron chi connectivity index (χ2n) is 14.9. The zero-order chi connectivity index (χ0) is 36.2. The summed E-state index contributed by atoms with van der Waals surface area (Å²) < 4.78 is 0. The van der Waals surface area contributed by atoms with Gasteiger partial charge in [0.25, 0.3) is 0 Å². The molecule has 0 saturated heterocycles. The number of hydrogen-bond donors (Lipinski definition) is 0. The molecule has 0 fully saturated rings. The van der Waals surface area contributed by atoms with E-state index in [-0.39, 0.29) is 5.41 Å². The first-order valence-electron chi connectivity index (χ1n) is 18.9. The van der Waals surface area contributed by atoms with E-state index < -0.39 is 0 Å². The Hall–Kier alpha value is -6.70. The SMILES string of the molecule is CC1(C)c2ccccc2-c2ccc(N(c3ccccc3-c3ccccc3)c3cccc(-c4cc5ccccc5c5ccccc45)c3-c3ccccc3)cc21. The number of rotatable bonds is 6. The van der Waals surface area contributed by atoms with Crippen molar-refractivity contribution in [1.29, 1.82) is 0 Å². The fourth-order valence-electron chi connectivity index (χ4n) is 8.91. The minimum Gasteiger partial charge on any atom is -0.309 e. The van der Waals surface area contributed by atoms with E-state index in [0.717, 1.165) is 17.1 Å². The van der Waals surface area contributed by atoms with Crippen LogP contribution in [0.3, 0.4) is 0 Å². The van der Waals surface area contributed by atoms with Gasteiger partial charge < -0.3 is 4.90 Å². The normalized spacial score (nSPS) is 12.8. The summed E-state index contributed by atoms with van der Waals surface area (Å²) in [6, 6.07) is 73.5. The Kier molecular flexibility index (Phi) is 7.56. The first-order chi connectivity index (χ1) is 26.6. The highest BCUT2D eigenvalue weighted by Gasteiger charge is 2.36. The van der Waals surface area contributed by atoms with Gasteiger partial charge in [-0.25, -0.2) is 0 Å². The van der Waals surface area contributed by atoms with Crippen LogP contribution in [-0.2, 0) is 5.41 Å². The Bertz CT molecular complexity index is 2850. The zero-order valence-corrected chi connectivity index (χ0v) is 30.5. The summed E-state index contributed by atoms with van der Waals surface area (Å²) in [6.07, 6.45) is 0. The standard InChI is InChI=1S/C53H39N/c1-53(2)48-29-15-13-27-44(48)45-33-32-39(35-49(45)53)54(50-30-16-14-24-41(50)36-18-5-3-6-19-36)51-31-17-28-46(52(51)37-20-7-4-8-21-37)47-34-38-22-9-10-23-40(38)42-25-11-12-26-43(42)47/h3-35H,1-2H3. The van der Waals surface area contributed by atoms with Crippen LogP contribution in [0.1, 0.15) is 25.0 Å². The molecular formula is C53H39N. The van der Waals surface area contributed by atoms with Gasteiger partial charge in [0.1, 0.15) is 0 Å². The van der Waals surface area contributed by atoms with Crippen molar-refractivity contribution < 1.29 is 0 Å². The lowest BCUT2D eigenvalue weighted by Crippen LogP contribution is -2.17. The van der Waals surface area contributed by atoms with Crippen molar-refractivity contribution in [2.75, 3.05) is 4.90 Å². The number of hydrogen-bond acceptors (Lipinski definition) is 1. The summed E-state index contributed by atoms with van der Waals surface area (Å²) >= 11 is 0. The van der Waals surface area contributed by atoms with Crippen LogP contribution in [0.25, 0.3) is 66.1 Å². The molecule has 0 N–H and O–H groups in total. The number of fused-ring (bicyclic) bond motifs is 6. The molecule has 1 nitrogen and oxygen atoms in total. The lowest BCUT2D eigenvalue weighted by atomic mass is 9.82. The second kappa shape index (κ2) is 12.8. The maximum absolute atomic E-state index is 2.51. The van der Waals surface area contributed by atoms with Gasteiger partial charge >= 0.3 is 0 Å². The minimum atomic E-state index is -0.138. The van der Waals surface area contributed by atoms with Gasteiger partial charge in [-0.1, -0.05) is 184 Å². The molecule has 1 heteroatoms. The first-order valence-corrected chi connectivity index (χ1v) is 18.9. The average Bonchev–Trinajstić information content (AvgIpc) is 3.46. The Morgan fingerprint density at radius 3 is 1.72 bits per heavy atom. The van der Waals surface area contributed by atoms with Crippen molar-refractivity contribution in [2.24, 2.45) is 0 Å². The third-order valence-corrected chi connectivity index (χ3v) is 11.5. The van der Waals surface area contributed by atoms with Gasteiger partial charge in [0.05, 0.1) is 11.4 Å². The molecule has 9 aromatic carbocycles. The lowest BCUT2D eigenvalue weighted by Gasteiger charge is -2.32. The van der Waals surface area contributed by atoms with Crippen LogP contribution in [0.15, 0.2) is 200 Å². The Labute approximate surface area is 317 Å². The van der Waals surface area contributed by atoms with E-state index in [2.05, 4.69) is 219 Å². The number of para-hydroxylation sites is 1. The van der Waals surface area contributed by atoms with Gasteiger partial charge in [-0.05, 0) is 96.4 Å². The van der Waals surface area contributed by atoms with Crippen LogP contribution in [0.2, 0.25) is 0 Å². The van der Waals surface area contributed by atoms with Crippen LogP contribution in [0.4, 0.5) is 17.1 Å². The molecule has 0 amide bonds. The van der Waals surface area contributed by atoms with Crippen molar-refractivity contribution in [3.8, 4) is 44.5 Å². The van der Waals surface area contributed by atoms with E-state index in [0.29, 0.717) is 0 Å². The van der Waals surface area contributed by atoms with E-state index in [4.69, 9.17) is 0 Å². The molecule has 1 aliphatic rings. The quantitative estimate of drug-likeness (QED) is 0.157. The number of nitrogens with zero attached hydrogens (tertiary/aromatic N) is 1. The zero-order valence-electron chi connectivity index (χ0n) is 30.5. The molecule has 0 bridgehead atoms. The van der Waals surface area contributed by atoms with Crippen molar-refractivity contribution in [3.05, 3.63) is 211 Å². The van der Waals surface area contributed by atoms with Gasteiger partial charge in [-0.2, -0.15) is 0 Å². The van der Waals surface area contributed by atoms with Crippen molar-refractivity contribution in [1.82, 2.24) is 0 Å². The fourth-order valence-corrected chi connectivity index (χ4v) is 8.91. The van der Waals surface area contributed by atoms with Crippen LogP contribution >= 0.6 is 0 Å². The molecule has 54 heavy (non-hydrogen) atoms. The largest absolute Gasteiger partial charge is 0.309 e. The van der Waals surface area contributed by atoms with E-state index in [1.165, 1.54) is 77.2 Å². The molecule has 0 radical (unpaired) electrons. The van der Waals surface area contributed by atoms with Crippen molar-refractivity contribution in [3.63, 3.8) is 0 Å². The molecule has 0 heterocycles. The maximum Gasteiger partial charge on any atom is 0.0546 e. The van der Waals surface area contributed by atoms with Crippen molar-refractivity contribution in [2.45, 2.75) is 19.3 Å². The van der Waals surface area contributed by atoms with Crippen LogP contribution in [0, 0.1) is 0 Å². The summed E-state index contributed by atoms with van der Waals surface area (Å²) in [7, 11) is 0. The van der Waals surface area contributed by atoms with Gasteiger partial charge in [0, 0.05) is 22.2 Å². The molecule has 1 aliphatic carbocycles. The lowest BCUT2D eigenvalue weighted by molar-refractivity contribution is 0.660. The van der Waals surface area contributed by atoms with Gasteiger partial charge in [-0.15, -0.1) is 0 Å². The summed E-state index contributed by atoms with van der Waals surface area (Å²) in [5, 5.41) is 5.03. The van der Waals surface area contributed by atoms with Crippen LogP contribution in [-0.4, -0.2) is 0 Å². The molecule has 256 valence electrons. The number of benzene rings is 9. The van der Waals surface area contributed by atoms with Crippen LogP contribution in [0.5, 0.6) is 0 Å². The Balaban J connectivity index is 1.30. The molecule has 0 unspecified atom stereocenters. The van der Waals surface area contributed by atoms with E-state index in [1.807, 2.05) is 0 Å². The summed E-state index contributed by atoms with van der Waals surface area (Å²) in [6.45, 7) is 4.73. The highest BCUT2D eigenvalue weighted by molar-refractivity contribution is 6.15. The van der Waals surface area contributed by atoms with E-state index >= 15 is 0 Å². The third-order valence-electron chi connectivity index (χ3n) is 11.5. The summed E-state index contributed by atoms with van der Waals surface area (Å²) in [5.74, 6) is 0. The second-order valence-corrected chi connectivity index (χ2v) is 14.9.